The van der Waals surface area contributed by atoms with E-state index in [1.165, 1.54) is 38.5 Å². The molecule has 0 amide bonds. The zero-order valence-electron chi connectivity index (χ0n) is 18.2. The third-order valence-corrected chi connectivity index (χ3v) is 5.80. The fraction of sp³-hybridized carbons (Fsp3) is 0.400. The number of fused-ring (bicyclic) bond motifs is 1. The molecule has 0 bridgehead atoms. The summed E-state index contributed by atoms with van der Waals surface area (Å²) in [4.78, 5) is 12.9. The van der Waals surface area contributed by atoms with Crippen molar-refractivity contribution in [3.8, 4) is 34.3 Å². The summed E-state index contributed by atoms with van der Waals surface area (Å²) in [5.74, 6) is -2.11. The van der Waals surface area contributed by atoms with Crippen LogP contribution in [0, 0.1) is 0 Å². The number of hydrogen-bond acceptors (Lipinski definition) is 6. The summed E-state index contributed by atoms with van der Waals surface area (Å²) in [5, 5.41) is 29.6. The highest BCUT2D eigenvalue weighted by atomic mass is 35.5. The number of phenolic OH excluding ortho intramolecular Hbond substituents is 3. The highest BCUT2D eigenvalue weighted by molar-refractivity contribution is 6.09. The summed E-state index contributed by atoms with van der Waals surface area (Å²) in [6.07, 6.45) is 10.8. The van der Waals surface area contributed by atoms with Gasteiger partial charge in [-0.2, -0.15) is 0 Å². The van der Waals surface area contributed by atoms with Gasteiger partial charge >= 0.3 is 0 Å². The van der Waals surface area contributed by atoms with Crippen LogP contribution in [-0.4, -0.2) is 15.3 Å². The Hall–Kier alpha value is -2.86. The minimum Gasteiger partial charge on any atom is -0.504 e. The third kappa shape index (κ3) is 5.49. The minimum atomic E-state index is -0.669. The zero-order chi connectivity index (χ0) is 23.1. The molecule has 3 N–H and O–H groups in total. The lowest BCUT2D eigenvalue weighted by Crippen LogP contribution is -2.06. The van der Waals surface area contributed by atoms with E-state index >= 15 is 0 Å². The number of aromatic hydroxyl groups is 3. The van der Waals surface area contributed by atoms with Crippen LogP contribution in [0.3, 0.4) is 0 Å². The Kier molecular flexibility index (Phi) is 8.28. The predicted octanol–water partition coefficient (Wildman–Crippen LogP) is 6.79. The van der Waals surface area contributed by atoms with E-state index in [-0.39, 0.29) is 17.1 Å². The van der Waals surface area contributed by atoms with Crippen LogP contribution in [0.5, 0.6) is 23.0 Å². The molecule has 32 heavy (non-hydrogen) atoms. The second-order valence-electron chi connectivity index (χ2n) is 8.09. The Balaban J connectivity index is 1.81. The number of unbranched alkanes of at least 4 members (excludes halogenated alkanes) is 7. The van der Waals surface area contributed by atoms with Gasteiger partial charge in [0.15, 0.2) is 23.0 Å². The molecule has 2 aromatic carbocycles. The van der Waals surface area contributed by atoms with Crippen LogP contribution in [0.1, 0.15) is 63.9 Å². The standard InChI is InChI=1S/C25H29ClO6/c1-2-3-4-5-6-7-8-9-10-16-11-12-18-21(13-16)31-24(25(32-26)22(18)29)17-14-19(27)23(30)20(28)15-17/h11-15,27-28,30H,2-10H2,1H3. The number of aryl methyl sites for hydroxylation is 1. The van der Waals surface area contributed by atoms with Crippen molar-refractivity contribution in [2.75, 3.05) is 0 Å². The van der Waals surface area contributed by atoms with E-state index in [0.717, 1.165) is 37.0 Å². The molecule has 0 fully saturated rings. The molecule has 0 aliphatic carbocycles. The first-order chi connectivity index (χ1) is 15.5. The maximum atomic E-state index is 12.9. The molecule has 0 radical (unpaired) electrons. The summed E-state index contributed by atoms with van der Waals surface area (Å²) in [7, 11) is 0. The lowest BCUT2D eigenvalue weighted by Gasteiger charge is -2.10. The Morgan fingerprint density at radius 3 is 2.16 bits per heavy atom. The fourth-order valence-corrected chi connectivity index (χ4v) is 3.97. The molecule has 0 spiro atoms. The van der Waals surface area contributed by atoms with Crippen molar-refractivity contribution in [1.29, 1.82) is 0 Å². The van der Waals surface area contributed by atoms with Crippen LogP contribution in [0.4, 0.5) is 0 Å². The maximum Gasteiger partial charge on any atom is 0.237 e. The third-order valence-electron chi connectivity index (χ3n) is 5.64. The highest BCUT2D eigenvalue weighted by Gasteiger charge is 2.20. The Morgan fingerprint density at radius 2 is 1.53 bits per heavy atom. The summed E-state index contributed by atoms with van der Waals surface area (Å²) in [6.45, 7) is 2.22. The van der Waals surface area contributed by atoms with Crippen LogP contribution in [-0.2, 0) is 6.42 Å². The quantitative estimate of drug-likeness (QED) is 0.215. The van der Waals surface area contributed by atoms with Crippen molar-refractivity contribution in [3.05, 3.63) is 46.1 Å². The molecule has 0 saturated heterocycles. The van der Waals surface area contributed by atoms with Crippen LogP contribution in [0.2, 0.25) is 0 Å². The van der Waals surface area contributed by atoms with E-state index in [1.807, 2.05) is 12.1 Å². The SMILES string of the molecule is CCCCCCCCCCc1ccc2c(=O)c(OCl)c(-c3cc(O)c(O)c(O)c3)oc2c1. The summed E-state index contributed by atoms with van der Waals surface area (Å²) in [5.41, 5.74) is 1.07. The van der Waals surface area contributed by atoms with Crippen molar-refractivity contribution in [2.24, 2.45) is 0 Å². The van der Waals surface area contributed by atoms with Gasteiger partial charge in [0.2, 0.25) is 11.2 Å². The average molecular weight is 461 g/mol. The predicted molar refractivity (Wildman–Crippen MR) is 126 cm³/mol. The van der Waals surface area contributed by atoms with E-state index < -0.39 is 22.7 Å². The van der Waals surface area contributed by atoms with Crippen LogP contribution in [0.15, 0.2) is 39.5 Å². The number of halogens is 1. The van der Waals surface area contributed by atoms with E-state index in [2.05, 4.69) is 6.92 Å². The molecule has 172 valence electrons. The molecule has 7 heteroatoms. The Bertz CT molecular complexity index is 1100. The van der Waals surface area contributed by atoms with Crippen molar-refractivity contribution in [1.82, 2.24) is 0 Å². The highest BCUT2D eigenvalue weighted by Crippen LogP contribution is 2.41. The van der Waals surface area contributed by atoms with Crippen molar-refractivity contribution in [3.63, 3.8) is 0 Å². The lowest BCUT2D eigenvalue weighted by molar-refractivity contribution is 0.368. The van der Waals surface area contributed by atoms with Gasteiger partial charge < -0.3 is 24.0 Å². The number of benzene rings is 2. The lowest BCUT2D eigenvalue weighted by atomic mass is 10.0. The molecule has 3 rings (SSSR count). The molecular weight excluding hydrogens is 432 g/mol. The molecule has 0 aliphatic rings. The molecule has 1 aromatic heterocycles. The zero-order valence-corrected chi connectivity index (χ0v) is 19.0. The van der Waals surface area contributed by atoms with E-state index in [1.54, 1.807) is 6.07 Å². The summed E-state index contributed by atoms with van der Waals surface area (Å²) >= 11 is 5.53. The normalized spacial score (nSPS) is 11.2. The summed E-state index contributed by atoms with van der Waals surface area (Å²) in [6, 6.07) is 7.72. The molecule has 6 nitrogen and oxygen atoms in total. The maximum absolute atomic E-state index is 12.9. The Labute approximate surface area is 192 Å². The molecule has 3 aromatic rings. The van der Waals surface area contributed by atoms with Crippen molar-refractivity contribution >= 4 is 22.8 Å². The van der Waals surface area contributed by atoms with Crippen LogP contribution in [0.25, 0.3) is 22.3 Å². The Morgan fingerprint density at radius 1 is 0.906 bits per heavy atom. The molecule has 0 unspecified atom stereocenters. The molecule has 0 atom stereocenters. The van der Waals surface area contributed by atoms with Crippen LogP contribution < -0.4 is 9.72 Å². The summed E-state index contributed by atoms with van der Waals surface area (Å²) < 4.78 is 10.7. The monoisotopic (exact) mass is 460 g/mol. The second kappa shape index (κ2) is 11.1. The van der Waals surface area contributed by atoms with Crippen LogP contribution >= 0.6 is 11.9 Å². The van der Waals surface area contributed by atoms with Gasteiger partial charge in [-0.25, -0.2) is 0 Å². The van der Waals surface area contributed by atoms with Gasteiger partial charge in [-0.05, 0) is 42.7 Å². The van der Waals surface area contributed by atoms with Gasteiger partial charge in [0.25, 0.3) is 0 Å². The number of hydrogen-bond donors (Lipinski definition) is 3. The smallest absolute Gasteiger partial charge is 0.237 e. The second-order valence-corrected chi connectivity index (χ2v) is 8.24. The van der Waals surface area contributed by atoms with Crippen molar-refractivity contribution in [2.45, 2.75) is 64.7 Å². The first-order valence-electron chi connectivity index (χ1n) is 11.1. The molecular formula is C25H29ClO6. The van der Waals surface area contributed by atoms with E-state index in [4.69, 9.17) is 20.6 Å². The van der Waals surface area contributed by atoms with Gasteiger partial charge in [-0.1, -0.05) is 57.9 Å². The number of rotatable bonds is 11. The van der Waals surface area contributed by atoms with Gasteiger partial charge in [-0.3, -0.25) is 4.79 Å². The topological polar surface area (TPSA) is 100 Å². The molecule has 0 saturated carbocycles. The number of phenols is 3. The van der Waals surface area contributed by atoms with Gasteiger partial charge in [0.05, 0.1) is 5.39 Å². The molecule has 0 aliphatic heterocycles. The van der Waals surface area contributed by atoms with Gasteiger partial charge in [0, 0.05) is 5.56 Å². The fourth-order valence-electron chi connectivity index (χ4n) is 3.83. The van der Waals surface area contributed by atoms with E-state index in [0.29, 0.717) is 11.0 Å². The first-order valence-corrected chi connectivity index (χ1v) is 11.4. The van der Waals surface area contributed by atoms with Gasteiger partial charge in [-0.15, -0.1) is 0 Å². The minimum absolute atomic E-state index is 0.0488. The van der Waals surface area contributed by atoms with E-state index in [9.17, 15) is 20.1 Å². The molecule has 1 heterocycles. The average Bonchev–Trinajstić information content (AvgIpc) is 2.78. The van der Waals surface area contributed by atoms with Crippen molar-refractivity contribution < 1.29 is 24.0 Å². The first kappa shape index (κ1) is 23.8. The van der Waals surface area contributed by atoms with Gasteiger partial charge in [0.1, 0.15) is 17.4 Å². The largest absolute Gasteiger partial charge is 0.504 e.